The zero-order valence-electron chi connectivity index (χ0n) is 18.1. The number of hydrogen-bond acceptors (Lipinski definition) is 5. The summed E-state index contributed by atoms with van der Waals surface area (Å²) in [6.45, 7) is 8.96. The van der Waals surface area contributed by atoms with E-state index in [9.17, 15) is 4.79 Å². The van der Waals surface area contributed by atoms with Crippen LogP contribution in [0.25, 0.3) is 21.3 Å². The van der Waals surface area contributed by atoms with Crippen LogP contribution in [0.15, 0.2) is 58.7 Å². The molecule has 1 N–H and O–H groups in total. The average molecular weight is 431 g/mol. The number of hydrogen-bond donors (Lipinski definition) is 1. The molecule has 4 aromatic rings. The molecule has 1 fully saturated rings. The molecule has 3 heterocycles. The van der Waals surface area contributed by atoms with Crippen molar-refractivity contribution < 1.29 is 0 Å². The Labute approximate surface area is 186 Å². The number of piperazine rings is 1. The van der Waals surface area contributed by atoms with Crippen LogP contribution in [0.4, 0.5) is 11.6 Å². The molecular formula is C25H26N4OS. The van der Waals surface area contributed by atoms with Gasteiger partial charge in [0.1, 0.15) is 4.70 Å². The first kappa shape index (κ1) is 19.8. The highest BCUT2D eigenvalue weighted by Crippen LogP contribution is 2.32. The van der Waals surface area contributed by atoms with Crippen molar-refractivity contribution in [2.75, 3.05) is 29.4 Å². The molecule has 0 unspecified atom stereocenters. The number of nitrogens with zero attached hydrogens (tertiary/aromatic N) is 3. The minimum absolute atomic E-state index is 0.0577. The number of aryl methyl sites for hydroxylation is 2. The Morgan fingerprint density at radius 3 is 2.58 bits per heavy atom. The van der Waals surface area contributed by atoms with Crippen LogP contribution in [0.1, 0.15) is 18.1 Å². The predicted octanol–water partition coefficient (Wildman–Crippen LogP) is 4.98. The molecule has 0 radical (unpaired) electrons. The maximum Gasteiger partial charge on any atom is 0.270 e. The van der Waals surface area contributed by atoms with Gasteiger partial charge in [-0.3, -0.25) is 9.78 Å². The molecule has 1 aliphatic heterocycles. The van der Waals surface area contributed by atoms with Crippen LogP contribution in [0.3, 0.4) is 0 Å². The second-order valence-corrected chi connectivity index (χ2v) is 9.29. The van der Waals surface area contributed by atoms with Crippen molar-refractivity contribution in [1.29, 1.82) is 0 Å². The van der Waals surface area contributed by atoms with Crippen LogP contribution in [0.5, 0.6) is 0 Å². The van der Waals surface area contributed by atoms with Crippen molar-refractivity contribution in [3.8, 4) is 11.1 Å². The third-order valence-corrected chi connectivity index (χ3v) is 6.97. The SMILES string of the molecule is Cc1cccc(-c2csc3c(=O)[nH]c(N4CCN(c5cccc(C)c5)[C@@H](C)C4)nc23)c1. The monoisotopic (exact) mass is 430 g/mol. The summed E-state index contributed by atoms with van der Waals surface area (Å²) in [5.41, 5.74) is 6.59. The van der Waals surface area contributed by atoms with E-state index in [4.69, 9.17) is 4.98 Å². The topological polar surface area (TPSA) is 52.2 Å². The van der Waals surface area contributed by atoms with E-state index in [2.05, 4.69) is 84.1 Å². The van der Waals surface area contributed by atoms with E-state index in [1.54, 1.807) is 0 Å². The molecular weight excluding hydrogens is 404 g/mol. The van der Waals surface area contributed by atoms with Gasteiger partial charge in [0.05, 0.1) is 5.52 Å². The molecule has 2 aromatic carbocycles. The summed E-state index contributed by atoms with van der Waals surface area (Å²) >= 11 is 1.46. The highest BCUT2D eigenvalue weighted by molar-refractivity contribution is 7.17. The Kier molecular flexibility index (Phi) is 5.02. The van der Waals surface area contributed by atoms with Gasteiger partial charge in [0.15, 0.2) is 0 Å². The summed E-state index contributed by atoms with van der Waals surface area (Å²) in [5, 5.41) is 2.05. The zero-order chi connectivity index (χ0) is 21.5. The minimum atomic E-state index is -0.0577. The molecule has 1 saturated heterocycles. The summed E-state index contributed by atoms with van der Waals surface area (Å²) in [7, 11) is 0. The summed E-state index contributed by atoms with van der Waals surface area (Å²) in [4.78, 5) is 25.4. The summed E-state index contributed by atoms with van der Waals surface area (Å²) in [6.07, 6.45) is 0. The van der Waals surface area contributed by atoms with Crippen molar-refractivity contribution in [3.63, 3.8) is 0 Å². The van der Waals surface area contributed by atoms with Crippen molar-refractivity contribution in [2.45, 2.75) is 26.8 Å². The number of anilines is 2. The van der Waals surface area contributed by atoms with Gasteiger partial charge in [-0.15, -0.1) is 11.3 Å². The Morgan fingerprint density at radius 2 is 1.84 bits per heavy atom. The number of aromatic amines is 1. The molecule has 6 heteroatoms. The second-order valence-electron chi connectivity index (χ2n) is 8.41. The molecule has 158 valence electrons. The first-order valence-corrected chi connectivity index (χ1v) is 11.5. The molecule has 2 aromatic heterocycles. The van der Waals surface area contributed by atoms with Crippen molar-refractivity contribution >= 4 is 33.2 Å². The largest absolute Gasteiger partial charge is 0.365 e. The van der Waals surface area contributed by atoms with Gasteiger partial charge < -0.3 is 9.80 Å². The Morgan fingerprint density at radius 1 is 1.06 bits per heavy atom. The summed E-state index contributed by atoms with van der Waals surface area (Å²) in [6, 6.07) is 17.3. The molecule has 1 aliphatic rings. The number of aromatic nitrogens is 2. The predicted molar refractivity (Wildman–Crippen MR) is 131 cm³/mol. The number of rotatable bonds is 3. The number of H-pyrrole nitrogens is 1. The van der Waals surface area contributed by atoms with E-state index >= 15 is 0 Å². The van der Waals surface area contributed by atoms with E-state index in [-0.39, 0.29) is 5.56 Å². The van der Waals surface area contributed by atoms with Gasteiger partial charge in [-0.05, 0) is 44.0 Å². The smallest absolute Gasteiger partial charge is 0.270 e. The molecule has 1 atom stereocenters. The Bertz CT molecular complexity index is 1310. The summed E-state index contributed by atoms with van der Waals surface area (Å²) in [5.74, 6) is 0.667. The lowest BCUT2D eigenvalue weighted by Crippen LogP contribution is -2.52. The number of nitrogens with one attached hydrogen (secondary N) is 1. The van der Waals surface area contributed by atoms with Gasteiger partial charge in [0, 0.05) is 42.3 Å². The van der Waals surface area contributed by atoms with Crippen molar-refractivity contribution in [3.05, 3.63) is 75.4 Å². The van der Waals surface area contributed by atoms with Crippen LogP contribution in [0, 0.1) is 13.8 Å². The molecule has 5 rings (SSSR count). The molecule has 0 aliphatic carbocycles. The lowest BCUT2D eigenvalue weighted by molar-refractivity contribution is 0.543. The second kappa shape index (κ2) is 7.85. The fraction of sp³-hybridized carbons (Fsp3) is 0.280. The Hall–Kier alpha value is -3.12. The fourth-order valence-electron chi connectivity index (χ4n) is 4.42. The number of thiophene rings is 1. The van der Waals surface area contributed by atoms with Gasteiger partial charge in [-0.2, -0.15) is 0 Å². The van der Waals surface area contributed by atoms with E-state index in [0.29, 0.717) is 16.7 Å². The van der Waals surface area contributed by atoms with Crippen LogP contribution >= 0.6 is 11.3 Å². The van der Waals surface area contributed by atoms with Crippen LogP contribution in [-0.4, -0.2) is 35.6 Å². The number of fused-ring (bicyclic) bond motifs is 1. The normalized spacial score (nSPS) is 16.8. The van der Waals surface area contributed by atoms with E-state index in [0.717, 1.165) is 36.3 Å². The van der Waals surface area contributed by atoms with Gasteiger partial charge in [-0.25, -0.2) is 4.98 Å². The van der Waals surface area contributed by atoms with Crippen molar-refractivity contribution in [1.82, 2.24) is 9.97 Å². The summed E-state index contributed by atoms with van der Waals surface area (Å²) < 4.78 is 0.687. The van der Waals surface area contributed by atoms with E-state index in [1.807, 2.05) is 5.38 Å². The number of benzene rings is 2. The van der Waals surface area contributed by atoms with Gasteiger partial charge >= 0.3 is 0 Å². The van der Waals surface area contributed by atoms with Gasteiger partial charge in [0.25, 0.3) is 5.56 Å². The van der Waals surface area contributed by atoms with Crippen LogP contribution < -0.4 is 15.4 Å². The van der Waals surface area contributed by atoms with Crippen molar-refractivity contribution in [2.24, 2.45) is 0 Å². The first-order chi connectivity index (χ1) is 15.0. The highest BCUT2D eigenvalue weighted by atomic mass is 32.1. The lowest BCUT2D eigenvalue weighted by Gasteiger charge is -2.41. The molecule has 0 bridgehead atoms. The molecule has 0 spiro atoms. The van der Waals surface area contributed by atoms with E-state index < -0.39 is 0 Å². The van der Waals surface area contributed by atoms with Crippen LogP contribution in [-0.2, 0) is 0 Å². The maximum atomic E-state index is 12.8. The Balaban J connectivity index is 1.47. The molecule has 31 heavy (non-hydrogen) atoms. The standard InChI is InChI=1S/C25H26N4OS/c1-16-6-4-8-19(12-16)21-15-31-23-22(21)26-25(27-24(23)30)28-10-11-29(18(3)14-28)20-9-5-7-17(2)13-20/h4-9,12-13,15,18H,10-11,14H2,1-3H3,(H,26,27,30)/t18-/m0/s1. The third-order valence-electron chi connectivity index (χ3n) is 6.00. The third kappa shape index (κ3) is 3.72. The zero-order valence-corrected chi connectivity index (χ0v) is 18.9. The van der Waals surface area contributed by atoms with Gasteiger partial charge in [0.2, 0.25) is 5.95 Å². The lowest BCUT2D eigenvalue weighted by atomic mass is 10.1. The van der Waals surface area contributed by atoms with Gasteiger partial charge in [-0.1, -0.05) is 42.0 Å². The highest BCUT2D eigenvalue weighted by Gasteiger charge is 2.26. The molecule has 0 amide bonds. The molecule has 5 nitrogen and oxygen atoms in total. The minimum Gasteiger partial charge on any atom is -0.365 e. The van der Waals surface area contributed by atoms with Crippen LogP contribution in [0.2, 0.25) is 0 Å². The maximum absolute atomic E-state index is 12.8. The quantitative estimate of drug-likeness (QED) is 0.498. The molecule has 0 saturated carbocycles. The first-order valence-electron chi connectivity index (χ1n) is 10.7. The van der Waals surface area contributed by atoms with E-state index in [1.165, 1.54) is 28.2 Å². The fourth-order valence-corrected chi connectivity index (χ4v) is 5.33. The average Bonchev–Trinajstić information content (AvgIpc) is 3.18.